The van der Waals surface area contributed by atoms with Crippen molar-refractivity contribution >= 4 is 26.7 Å². The minimum atomic E-state index is -3.78. The van der Waals surface area contributed by atoms with Gasteiger partial charge in [0.1, 0.15) is 11.6 Å². The van der Waals surface area contributed by atoms with Gasteiger partial charge in [0, 0.05) is 7.05 Å². The Labute approximate surface area is 157 Å². The van der Waals surface area contributed by atoms with Gasteiger partial charge in [-0.2, -0.15) is 0 Å². The summed E-state index contributed by atoms with van der Waals surface area (Å²) in [4.78, 5) is 7.08. The topological polar surface area (TPSA) is 67.2 Å². The number of hydrogen-bond donors (Lipinski definition) is 1. The molecule has 1 fully saturated rings. The van der Waals surface area contributed by atoms with E-state index >= 15 is 0 Å². The highest BCUT2D eigenvalue weighted by Gasteiger charge is 2.18. The lowest BCUT2D eigenvalue weighted by atomic mass is 10.3. The van der Waals surface area contributed by atoms with Crippen LogP contribution in [0.4, 0.5) is 10.1 Å². The van der Waals surface area contributed by atoms with Crippen molar-refractivity contribution in [3.8, 4) is 0 Å². The molecule has 0 saturated carbocycles. The third-order valence-electron chi connectivity index (χ3n) is 4.91. The van der Waals surface area contributed by atoms with Crippen LogP contribution in [0, 0.1) is 5.82 Å². The summed E-state index contributed by atoms with van der Waals surface area (Å²) in [5.41, 5.74) is 2.12. The summed E-state index contributed by atoms with van der Waals surface area (Å²) in [6.07, 6.45) is 2.44. The van der Waals surface area contributed by atoms with Gasteiger partial charge >= 0.3 is 0 Å². The molecule has 0 aliphatic carbocycles. The lowest BCUT2D eigenvalue weighted by molar-refractivity contribution is 0.319. The molecule has 0 atom stereocenters. The first-order valence-corrected chi connectivity index (χ1v) is 10.4. The van der Waals surface area contributed by atoms with Crippen LogP contribution in [0.15, 0.2) is 47.4 Å². The molecule has 0 bridgehead atoms. The van der Waals surface area contributed by atoms with E-state index in [2.05, 4.69) is 14.6 Å². The van der Waals surface area contributed by atoms with Gasteiger partial charge in [-0.25, -0.2) is 17.8 Å². The number of rotatable bonds is 5. The zero-order valence-electron chi connectivity index (χ0n) is 15.0. The molecular weight excluding hydrogens is 367 g/mol. The smallest absolute Gasteiger partial charge is 0.261 e. The summed E-state index contributed by atoms with van der Waals surface area (Å²) in [7, 11) is -1.80. The van der Waals surface area contributed by atoms with Gasteiger partial charge in [-0.3, -0.25) is 9.62 Å². The normalized spacial score (nSPS) is 15.5. The number of nitrogens with one attached hydrogen (secondary N) is 1. The Hall–Kier alpha value is -2.45. The summed E-state index contributed by atoms with van der Waals surface area (Å²) >= 11 is 0. The Balaban J connectivity index is 1.60. The number of fused-ring (bicyclic) bond motifs is 1. The van der Waals surface area contributed by atoms with Crippen molar-refractivity contribution < 1.29 is 12.8 Å². The number of halogens is 1. The molecule has 1 N–H and O–H groups in total. The number of nitrogens with zero attached hydrogens (tertiary/aromatic N) is 3. The van der Waals surface area contributed by atoms with Crippen LogP contribution in [0.5, 0.6) is 0 Å². The lowest BCUT2D eigenvalue weighted by Crippen LogP contribution is -2.20. The Morgan fingerprint density at radius 2 is 1.81 bits per heavy atom. The molecule has 8 heteroatoms. The van der Waals surface area contributed by atoms with Crippen LogP contribution in [-0.2, 0) is 23.6 Å². The summed E-state index contributed by atoms with van der Waals surface area (Å²) in [5.74, 6) is 0.486. The highest BCUT2D eigenvalue weighted by Crippen LogP contribution is 2.23. The van der Waals surface area contributed by atoms with Crippen molar-refractivity contribution in [2.24, 2.45) is 7.05 Å². The van der Waals surface area contributed by atoms with Crippen LogP contribution in [0.2, 0.25) is 0 Å². The number of aryl methyl sites for hydroxylation is 1. The lowest BCUT2D eigenvalue weighted by Gasteiger charge is -2.13. The number of benzene rings is 2. The minimum Gasteiger partial charge on any atom is -0.330 e. The van der Waals surface area contributed by atoms with Gasteiger partial charge in [0.15, 0.2) is 0 Å². The van der Waals surface area contributed by atoms with Crippen molar-refractivity contribution in [1.29, 1.82) is 0 Å². The summed E-state index contributed by atoms with van der Waals surface area (Å²) in [5, 5.41) is 0. The van der Waals surface area contributed by atoms with E-state index in [1.807, 2.05) is 17.7 Å². The Morgan fingerprint density at radius 3 is 2.52 bits per heavy atom. The highest BCUT2D eigenvalue weighted by atomic mass is 32.2. The first-order chi connectivity index (χ1) is 12.9. The molecule has 1 aliphatic rings. The van der Waals surface area contributed by atoms with Crippen molar-refractivity contribution in [3.05, 3.63) is 54.1 Å². The van der Waals surface area contributed by atoms with Gasteiger partial charge in [0.05, 0.1) is 28.2 Å². The van der Waals surface area contributed by atoms with Crippen LogP contribution < -0.4 is 4.72 Å². The fraction of sp³-hybridized carbons (Fsp3) is 0.316. The molecule has 4 rings (SSSR count). The average Bonchev–Trinajstić information content (AvgIpc) is 3.24. The maximum absolute atomic E-state index is 13.0. The molecule has 0 spiro atoms. The molecule has 6 nitrogen and oxygen atoms in total. The van der Waals surface area contributed by atoms with E-state index in [4.69, 9.17) is 0 Å². The second kappa shape index (κ2) is 6.94. The number of aromatic nitrogens is 2. The van der Waals surface area contributed by atoms with E-state index in [-0.39, 0.29) is 4.90 Å². The predicted octanol–water partition coefficient (Wildman–Crippen LogP) is 3.11. The van der Waals surface area contributed by atoms with Gasteiger partial charge in [0.2, 0.25) is 0 Å². The molecule has 2 heterocycles. The van der Waals surface area contributed by atoms with Crippen LogP contribution in [0.3, 0.4) is 0 Å². The summed E-state index contributed by atoms with van der Waals surface area (Å²) < 4.78 is 42.6. The Morgan fingerprint density at radius 1 is 1.11 bits per heavy atom. The monoisotopic (exact) mass is 388 g/mol. The second-order valence-corrected chi connectivity index (χ2v) is 8.52. The van der Waals surface area contributed by atoms with Crippen molar-refractivity contribution in [3.63, 3.8) is 0 Å². The number of anilines is 1. The largest absolute Gasteiger partial charge is 0.330 e. The molecule has 0 amide bonds. The van der Waals surface area contributed by atoms with Crippen molar-refractivity contribution in [2.75, 3.05) is 17.8 Å². The van der Waals surface area contributed by atoms with Gasteiger partial charge in [-0.15, -0.1) is 0 Å². The Bertz CT molecular complexity index is 1070. The standard InChI is InChI=1S/C19H21FN4O2S/c1-23-18-9-6-15(22-27(25,26)16-7-4-14(20)5-8-16)12-17(18)21-19(23)13-24-10-2-3-11-24/h4-9,12,22H,2-3,10-11,13H2,1H3. The van der Waals surface area contributed by atoms with E-state index < -0.39 is 15.8 Å². The summed E-state index contributed by atoms with van der Waals surface area (Å²) in [6, 6.07) is 10.0. The molecule has 0 radical (unpaired) electrons. The zero-order valence-corrected chi connectivity index (χ0v) is 15.8. The zero-order chi connectivity index (χ0) is 19.0. The van der Waals surface area contributed by atoms with Gasteiger partial charge in [-0.1, -0.05) is 0 Å². The van der Waals surface area contributed by atoms with E-state index in [0.717, 1.165) is 48.6 Å². The molecule has 1 aliphatic heterocycles. The third kappa shape index (κ3) is 3.68. The quantitative estimate of drug-likeness (QED) is 0.729. The highest BCUT2D eigenvalue weighted by molar-refractivity contribution is 7.92. The second-order valence-electron chi connectivity index (χ2n) is 6.83. The molecule has 1 aromatic heterocycles. The molecule has 3 aromatic rings. The fourth-order valence-electron chi connectivity index (χ4n) is 3.42. The van der Waals surface area contributed by atoms with Crippen molar-refractivity contribution in [2.45, 2.75) is 24.3 Å². The van der Waals surface area contributed by atoms with Crippen LogP contribution >= 0.6 is 0 Å². The number of hydrogen-bond acceptors (Lipinski definition) is 4. The maximum atomic E-state index is 13.0. The van der Waals surface area contributed by atoms with Gasteiger partial charge < -0.3 is 4.57 Å². The van der Waals surface area contributed by atoms with Gasteiger partial charge in [-0.05, 0) is 68.4 Å². The maximum Gasteiger partial charge on any atom is 0.261 e. The molecule has 142 valence electrons. The SMILES string of the molecule is Cn1c(CN2CCCC2)nc2cc(NS(=O)(=O)c3ccc(F)cc3)ccc21. The average molecular weight is 388 g/mol. The number of sulfonamides is 1. The first-order valence-electron chi connectivity index (χ1n) is 8.88. The first kappa shape index (κ1) is 17.9. The number of likely N-dealkylation sites (tertiary alicyclic amines) is 1. The van der Waals surface area contributed by atoms with Crippen LogP contribution in [0.1, 0.15) is 18.7 Å². The Kier molecular flexibility index (Phi) is 4.61. The summed E-state index contributed by atoms with van der Waals surface area (Å²) in [6.45, 7) is 2.97. The third-order valence-corrected chi connectivity index (χ3v) is 6.31. The fourth-order valence-corrected chi connectivity index (χ4v) is 4.47. The number of imidazole rings is 1. The van der Waals surface area contributed by atoms with Crippen molar-refractivity contribution in [1.82, 2.24) is 14.5 Å². The predicted molar refractivity (Wildman–Crippen MR) is 102 cm³/mol. The molecule has 1 saturated heterocycles. The van der Waals surface area contributed by atoms with E-state index in [1.54, 1.807) is 12.1 Å². The van der Waals surface area contributed by atoms with E-state index in [1.165, 1.54) is 25.0 Å². The molecule has 2 aromatic carbocycles. The molecule has 27 heavy (non-hydrogen) atoms. The van der Waals surface area contributed by atoms with E-state index in [9.17, 15) is 12.8 Å². The van der Waals surface area contributed by atoms with Gasteiger partial charge in [0.25, 0.3) is 10.0 Å². The molecule has 0 unspecified atom stereocenters. The molecular formula is C19H21FN4O2S. The van der Waals surface area contributed by atoms with Crippen LogP contribution in [-0.4, -0.2) is 36.0 Å². The van der Waals surface area contributed by atoms with Crippen LogP contribution in [0.25, 0.3) is 11.0 Å². The minimum absolute atomic E-state index is 0.0136. The van der Waals surface area contributed by atoms with E-state index in [0.29, 0.717) is 5.69 Å².